The lowest BCUT2D eigenvalue weighted by Gasteiger charge is -2.17. The third kappa shape index (κ3) is 5.09. The summed E-state index contributed by atoms with van der Waals surface area (Å²) in [5, 5.41) is 2.67. The molecule has 51 heavy (non-hydrogen) atoms. The first-order valence-corrected chi connectivity index (χ1v) is 16.4. The van der Waals surface area contributed by atoms with Crippen molar-refractivity contribution in [1.82, 2.24) is 0 Å². The quantitative estimate of drug-likeness (QED) is 0.161. The van der Waals surface area contributed by atoms with Crippen LogP contribution in [-0.2, 0) is 12.8 Å². The van der Waals surface area contributed by atoms with E-state index >= 15 is 0 Å². The van der Waals surface area contributed by atoms with Crippen LogP contribution in [0.2, 0.25) is 0 Å². The predicted molar refractivity (Wildman–Crippen MR) is 216 cm³/mol. The molecule has 0 unspecified atom stereocenters. The number of furan rings is 1. The van der Waals surface area contributed by atoms with Crippen molar-refractivity contribution in [3.05, 3.63) is 204 Å². The van der Waals surface area contributed by atoms with Crippen LogP contribution in [0.25, 0.3) is 76.5 Å². The van der Waals surface area contributed by atoms with Crippen LogP contribution >= 0.6 is 0 Å². The molecule has 0 bridgehead atoms. The van der Waals surface area contributed by atoms with E-state index in [0.717, 1.165) is 32.7 Å². The van der Waals surface area contributed by atoms with Crippen molar-refractivity contribution < 1.29 is 27.7 Å². The Labute approximate surface area is 320 Å². The Kier molecular flexibility index (Phi) is 4.05. The second-order valence-electron chi connectivity index (χ2n) is 12.3. The molecule has 0 radical (unpaired) electrons. The van der Waals surface area contributed by atoms with Gasteiger partial charge in [-0.1, -0.05) is 169 Å². The molecule has 240 valence electrons. The zero-order chi connectivity index (χ0) is 48.5. The molecule has 0 amide bonds. The Balaban J connectivity index is 1.19. The highest BCUT2D eigenvalue weighted by atomic mass is 16.3. The molecule has 0 atom stereocenters. The third-order valence-corrected chi connectivity index (χ3v) is 9.39. The Morgan fingerprint density at radius 3 is 1.69 bits per heavy atom. The van der Waals surface area contributed by atoms with Gasteiger partial charge in [-0.25, -0.2) is 0 Å². The zero-order valence-corrected chi connectivity index (χ0v) is 26.8. The van der Waals surface area contributed by atoms with Gasteiger partial charge in [0.15, 0.2) is 0 Å². The van der Waals surface area contributed by atoms with Crippen molar-refractivity contribution in [2.45, 2.75) is 12.8 Å². The lowest BCUT2D eigenvalue weighted by Crippen LogP contribution is -1.98. The lowest BCUT2D eigenvalue weighted by atomic mass is 9.86. The first kappa shape index (κ1) is 17.0. The van der Waals surface area contributed by atoms with Crippen LogP contribution in [-0.4, -0.2) is 0 Å². The maximum atomic E-state index is 9.36. The molecule has 0 N–H and O–H groups in total. The molecule has 10 aromatic rings. The van der Waals surface area contributed by atoms with Gasteiger partial charge in [-0.2, -0.15) is 0 Å². The van der Waals surface area contributed by atoms with Crippen molar-refractivity contribution in [1.29, 1.82) is 0 Å². The van der Waals surface area contributed by atoms with Gasteiger partial charge in [-0.15, -0.1) is 0 Å². The molecule has 0 saturated heterocycles. The maximum Gasteiger partial charge on any atom is 0.143 e. The molecule has 0 saturated carbocycles. The average Bonchev–Trinajstić information content (AvgIpc) is 3.72. The molecule has 9 aromatic carbocycles. The van der Waals surface area contributed by atoms with Gasteiger partial charge in [0, 0.05) is 16.3 Å². The summed E-state index contributed by atoms with van der Waals surface area (Å²) in [7, 11) is 0. The summed E-state index contributed by atoms with van der Waals surface area (Å²) in [4.78, 5) is 0. The molecule has 1 heterocycles. The minimum atomic E-state index is -0.712. The predicted octanol–water partition coefficient (Wildman–Crippen LogP) is 13.6. The molecular formula is C50H34O. The maximum absolute atomic E-state index is 9.36. The van der Waals surface area contributed by atoms with E-state index in [1.165, 1.54) is 0 Å². The second-order valence-corrected chi connectivity index (χ2v) is 12.3. The van der Waals surface area contributed by atoms with Gasteiger partial charge in [0.25, 0.3) is 0 Å². The Bertz CT molecular complexity index is 3750. The fourth-order valence-electron chi connectivity index (χ4n) is 7.05. The summed E-state index contributed by atoms with van der Waals surface area (Å²) in [6.07, 6.45) is -1.20. The fourth-order valence-corrected chi connectivity index (χ4v) is 7.05. The standard InChI is InChI=1S/C50H34O/c1-2-12-33(13-3-1)30-47-40-17-6-8-19-42(40)48(43-20-9-7-18-41(43)47)31-34-24-26-35(27-25-34)37-28-29-44-46-23-11-22-45(50(46)51-49(44)32-37)39-21-10-15-36-14-4-5-16-38(36)39/h1-29,32H,30-31H2/i1D,2D,3D,6D,7D,8D,9D,12D,13D,17D,18D,19D,20D,24D,25D,26D,27D. The van der Waals surface area contributed by atoms with Crippen LogP contribution < -0.4 is 0 Å². The summed E-state index contributed by atoms with van der Waals surface area (Å²) in [6.45, 7) is 0. The van der Waals surface area contributed by atoms with E-state index in [1.807, 2.05) is 60.7 Å². The summed E-state index contributed by atoms with van der Waals surface area (Å²) in [6, 6.07) is 14.5. The van der Waals surface area contributed by atoms with Crippen LogP contribution in [0.3, 0.4) is 0 Å². The first-order valence-electron chi connectivity index (χ1n) is 24.9. The molecule has 1 aromatic heterocycles. The minimum absolute atomic E-state index is 0.0482. The Morgan fingerprint density at radius 1 is 0.412 bits per heavy atom. The summed E-state index contributed by atoms with van der Waals surface area (Å²) < 4.78 is 157. The van der Waals surface area contributed by atoms with E-state index in [2.05, 4.69) is 0 Å². The number of hydrogen-bond acceptors (Lipinski definition) is 1. The van der Waals surface area contributed by atoms with E-state index in [1.54, 1.807) is 18.2 Å². The van der Waals surface area contributed by atoms with Crippen molar-refractivity contribution in [3.8, 4) is 22.3 Å². The number of benzene rings is 9. The highest BCUT2D eigenvalue weighted by molar-refractivity contribution is 6.13. The van der Waals surface area contributed by atoms with Gasteiger partial charge < -0.3 is 4.42 Å². The summed E-state index contributed by atoms with van der Waals surface area (Å²) in [5.74, 6) is 0. The largest absolute Gasteiger partial charge is 0.455 e. The number of hydrogen-bond donors (Lipinski definition) is 0. The first-order chi connectivity index (χ1) is 32.3. The molecule has 0 fully saturated rings. The molecule has 0 aliphatic carbocycles. The van der Waals surface area contributed by atoms with Gasteiger partial charge >= 0.3 is 0 Å². The van der Waals surface area contributed by atoms with Crippen LogP contribution in [0.5, 0.6) is 0 Å². The van der Waals surface area contributed by atoms with Gasteiger partial charge in [0.05, 0.1) is 23.3 Å². The average molecular weight is 668 g/mol. The molecule has 0 aliphatic rings. The van der Waals surface area contributed by atoms with Gasteiger partial charge in [-0.3, -0.25) is 0 Å². The van der Waals surface area contributed by atoms with Crippen LogP contribution in [0, 0.1) is 0 Å². The number of para-hydroxylation sites is 1. The van der Waals surface area contributed by atoms with Gasteiger partial charge in [0.2, 0.25) is 0 Å². The Morgan fingerprint density at radius 2 is 0.980 bits per heavy atom. The molecule has 1 heteroatoms. The third-order valence-electron chi connectivity index (χ3n) is 9.39. The second kappa shape index (κ2) is 12.2. The molecule has 0 spiro atoms. The Hall–Kier alpha value is -6.44. The van der Waals surface area contributed by atoms with E-state index in [9.17, 15) is 8.22 Å². The monoisotopic (exact) mass is 667 g/mol. The summed E-state index contributed by atoms with van der Waals surface area (Å²) >= 11 is 0. The zero-order valence-electron chi connectivity index (χ0n) is 43.8. The topological polar surface area (TPSA) is 13.1 Å². The highest BCUT2D eigenvalue weighted by Crippen LogP contribution is 2.40. The normalized spacial score (nSPS) is 16.4. The van der Waals surface area contributed by atoms with Crippen molar-refractivity contribution in [2.75, 3.05) is 0 Å². The van der Waals surface area contributed by atoms with E-state index in [0.29, 0.717) is 16.7 Å². The number of fused-ring (bicyclic) bond motifs is 6. The molecule has 10 rings (SSSR count). The van der Waals surface area contributed by atoms with Crippen LogP contribution in [0.15, 0.2) is 186 Å². The fraction of sp³-hybridized carbons (Fsp3) is 0.0400. The smallest absolute Gasteiger partial charge is 0.143 e. The SMILES string of the molecule is [2H]c1c([2H])c([2H])c(Cc2c3c([2H])c([2H])c([2H])c([2H])c3c(Cc3c([2H])c([2H])c(-c4ccc5c(c4)oc4c(-c6cccc7ccccc67)cccc45)c([2H])c3[2H])c3c([2H])c([2H])c([2H])c([2H])c23)c([2H])c1[2H]. The van der Waals surface area contributed by atoms with E-state index in [4.69, 9.17) is 19.5 Å². The molecule has 0 aliphatic heterocycles. The van der Waals surface area contributed by atoms with E-state index < -0.39 is 116 Å². The van der Waals surface area contributed by atoms with Crippen molar-refractivity contribution >= 4 is 54.3 Å². The van der Waals surface area contributed by atoms with Crippen LogP contribution in [0.4, 0.5) is 0 Å². The molecular weight excluding hydrogens is 617 g/mol. The van der Waals surface area contributed by atoms with E-state index in [-0.39, 0.29) is 49.4 Å². The van der Waals surface area contributed by atoms with Crippen molar-refractivity contribution in [2.24, 2.45) is 0 Å². The number of rotatable bonds is 6. The lowest BCUT2D eigenvalue weighted by molar-refractivity contribution is 0.670. The van der Waals surface area contributed by atoms with Gasteiger partial charge in [0.1, 0.15) is 11.2 Å². The van der Waals surface area contributed by atoms with Crippen molar-refractivity contribution in [3.63, 3.8) is 0 Å². The molecule has 1 nitrogen and oxygen atoms in total. The minimum Gasteiger partial charge on any atom is -0.455 e. The van der Waals surface area contributed by atoms with Crippen LogP contribution in [0.1, 0.15) is 45.6 Å². The summed E-state index contributed by atoms with van der Waals surface area (Å²) in [5.41, 5.74) is 2.37. The highest BCUT2D eigenvalue weighted by Gasteiger charge is 2.17. The van der Waals surface area contributed by atoms with Gasteiger partial charge in [-0.05, 0) is 96.2 Å².